The minimum absolute atomic E-state index is 0.0407. The van der Waals surface area contributed by atoms with Gasteiger partial charge in [-0.1, -0.05) is 36.0 Å². The number of nitrogens with one attached hydrogen (secondary N) is 1. The van der Waals surface area contributed by atoms with Gasteiger partial charge in [0.05, 0.1) is 22.5 Å². The van der Waals surface area contributed by atoms with Gasteiger partial charge in [0.25, 0.3) is 5.22 Å². The first kappa shape index (κ1) is 21.3. The summed E-state index contributed by atoms with van der Waals surface area (Å²) in [5.41, 5.74) is 2.75. The monoisotopic (exact) mass is 464 g/mol. The second-order valence-electron chi connectivity index (χ2n) is 7.81. The van der Waals surface area contributed by atoms with E-state index in [2.05, 4.69) is 25.1 Å². The van der Waals surface area contributed by atoms with Crippen LogP contribution in [0.3, 0.4) is 0 Å². The number of para-hydroxylation sites is 4. The van der Waals surface area contributed by atoms with Crippen molar-refractivity contribution in [2.45, 2.75) is 18.1 Å². The van der Waals surface area contributed by atoms with Crippen LogP contribution in [0.25, 0.3) is 11.0 Å². The van der Waals surface area contributed by atoms with Gasteiger partial charge in [-0.25, -0.2) is 4.98 Å². The maximum Gasteiger partial charge on any atom is 0.277 e. The Kier molecular flexibility index (Phi) is 6.16. The number of imidazole rings is 1. The molecule has 4 aromatic rings. The van der Waals surface area contributed by atoms with E-state index in [4.69, 9.17) is 4.42 Å². The molecule has 0 saturated carbocycles. The number of aryl methyl sites for hydroxylation is 2. The fraction of sp³-hybridized carbons (Fsp3) is 0.304. The molecule has 1 aliphatic rings. The van der Waals surface area contributed by atoms with E-state index in [1.165, 1.54) is 11.8 Å². The molecule has 2 N–H and O–H groups in total. The molecule has 2 aromatic carbocycles. The highest BCUT2D eigenvalue weighted by Crippen LogP contribution is 2.27. The lowest BCUT2D eigenvalue weighted by Gasteiger charge is -2.36. The number of H-pyrrole nitrogens is 1. The average Bonchev–Trinajstić information content (AvgIpc) is 3.48. The molecule has 0 aliphatic carbocycles. The molecule has 0 spiro atoms. The van der Waals surface area contributed by atoms with E-state index < -0.39 is 0 Å². The molecule has 1 amide bonds. The van der Waals surface area contributed by atoms with Gasteiger partial charge < -0.3 is 24.3 Å². The van der Waals surface area contributed by atoms with Gasteiger partial charge in [-0.15, -0.1) is 10.2 Å². The minimum Gasteiger partial charge on any atom is -0.506 e. The number of aromatic nitrogens is 4. The number of hydrogen-bond donors (Lipinski definition) is 2. The van der Waals surface area contributed by atoms with Crippen LogP contribution >= 0.6 is 11.8 Å². The summed E-state index contributed by atoms with van der Waals surface area (Å²) in [6.45, 7) is 2.58. The van der Waals surface area contributed by atoms with Crippen LogP contribution < -0.4 is 4.90 Å². The number of nitrogens with zero attached hydrogens (tertiary/aromatic N) is 5. The van der Waals surface area contributed by atoms with Crippen molar-refractivity contribution in [1.29, 1.82) is 0 Å². The zero-order valence-electron chi connectivity index (χ0n) is 18.0. The number of piperazine rings is 1. The Morgan fingerprint density at radius 1 is 1.03 bits per heavy atom. The molecule has 0 atom stereocenters. The van der Waals surface area contributed by atoms with E-state index in [0.29, 0.717) is 50.1 Å². The van der Waals surface area contributed by atoms with Gasteiger partial charge in [0.2, 0.25) is 11.8 Å². The highest BCUT2D eigenvalue weighted by atomic mass is 32.2. The van der Waals surface area contributed by atoms with E-state index in [0.717, 1.165) is 22.5 Å². The number of aromatic amines is 1. The van der Waals surface area contributed by atoms with Crippen LogP contribution in [0.5, 0.6) is 5.75 Å². The average molecular weight is 465 g/mol. The number of phenols is 1. The van der Waals surface area contributed by atoms with E-state index >= 15 is 0 Å². The molecular formula is C23H24N6O3S. The predicted octanol–water partition coefficient (Wildman–Crippen LogP) is 2.88. The molecule has 33 heavy (non-hydrogen) atoms. The van der Waals surface area contributed by atoms with Crippen LogP contribution in [-0.2, 0) is 17.6 Å². The number of rotatable bonds is 7. The Labute approximate surface area is 194 Å². The number of aromatic hydroxyl groups is 1. The van der Waals surface area contributed by atoms with Crippen LogP contribution in [0.1, 0.15) is 11.7 Å². The lowest BCUT2D eigenvalue weighted by atomic mass is 10.2. The first-order chi connectivity index (χ1) is 16.2. The van der Waals surface area contributed by atoms with Crippen LogP contribution in [0.2, 0.25) is 0 Å². The quantitative estimate of drug-likeness (QED) is 0.402. The van der Waals surface area contributed by atoms with Crippen molar-refractivity contribution >= 4 is 34.4 Å². The molecule has 0 radical (unpaired) electrons. The number of carbonyl (C=O) groups is 1. The maximum absolute atomic E-state index is 12.6. The summed E-state index contributed by atoms with van der Waals surface area (Å²) in [6.07, 6.45) is 1.25. The van der Waals surface area contributed by atoms with Crippen LogP contribution in [0, 0.1) is 0 Å². The number of thioether (sulfide) groups is 1. The van der Waals surface area contributed by atoms with Crippen molar-refractivity contribution in [3.63, 3.8) is 0 Å². The van der Waals surface area contributed by atoms with Crippen molar-refractivity contribution < 1.29 is 14.3 Å². The predicted molar refractivity (Wildman–Crippen MR) is 125 cm³/mol. The van der Waals surface area contributed by atoms with Crippen molar-refractivity contribution in [2.75, 3.05) is 36.8 Å². The van der Waals surface area contributed by atoms with Gasteiger partial charge >= 0.3 is 0 Å². The summed E-state index contributed by atoms with van der Waals surface area (Å²) in [5.74, 6) is 1.96. The molecule has 1 fully saturated rings. The molecule has 10 heteroatoms. The van der Waals surface area contributed by atoms with Crippen LogP contribution in [0.15, 0.2) is 58.2 Å². The number of amides is 1. The van der Waals surface area contributed by atoms with Crippen LogP contribution in [-0.4, -0.2) is 68.0 Å². The zero-order chi connectivity index (χ0) is 22.6. The van der Waals surface area contributed by atoms with Gasteiger partial charge in [-0.2, -0.15) is 0 Å². The molecular weight excluding hydrogens is 440 g/mol. The molecule has 3 heterocycles. The molecule has 0 bridgehead atoms. The molecule has 1 aliphatic heterocycles. The number of fused-ring (bicyclic) bond motifs is 1. The summed E-state index contributed by atoms with van der Waals surface area (Å²) in [7, 11) is 0. The SMILES string of the molecule is O=C(CSc1nnc(CCc2nc3ccccc3[nH]2)o1)N1CCN(c2ccccc2O)CC1. The summed E-state index contributed by atoms with van der Waals surface area (Å²) in [4.78, 5) is 24.4. The third-order valence-corrected chi connectivity index (χ3v) is 6.44. The summed E-state index contributed by atoms with van der Waals surface area (Å²) < 4.78 is 5.70. The standard InChI is InChI=1S/C23H24N6O3S/c30-19-8-4-3-7-18(19)28-11-13-29(14-12-28)22(31)15-33-23-27-26-21(32-23)10-9-20-24-16-5-1-2-6-17(16)25-20/h1-8,30H,9-15H2,(H,24,25). The number of anilines is 1. The van der Waals surface area contributed by atoms with Gasteiger partial charge in [-0.3, -0.25) is 4.79 Å². The van der Waals surface area contributed by atoms with Crippen molar-refractivity contribution in [3.8, 4) is 5.75 Å². The Morgan fingerprint density at radius 3 is 2.64 bits per heavy atom. The van der Waals surface area contributed by atoms with Gasteiger partial charge in [0.1, 0.15) is 11.6 Å². The van der Waals surface area contributed by atoms with Gasteiger partial charge in [0, 0.05) is 39.0 Å². The lowest BCUT2D eigenvalue weighted by molar-refractivity contribution is -0.128. The largest absolute Gasteiger partial charge is 0.506 e. The molecule has 170 valence electrons. The highest BCUT2D eigenvalue weighted by Gasteiger charge is 2.23. The second-order valence-corrected chi connectivity index (χ2v) is 8.73. The first-order valence-electron chi connectivity index (χ1n) is 10.9. The van der Waals surface area contributed by atoms with Crippen molar-refractivity contribution in [2.24, 2.45) is 0 Å². The van der Waals surface area contributed by atoms with E-state index in [-0.39, 0.29) is 17.4 Å². The third-order valence-electron chi connectivity index (χ3n) is 5.64. The summed E-state index contributed by atoms with van der Waals surface area (Å²) in [5, 5.41) is 18.6. The van der Waals surface area contributed by atoms with E-state index in [1.807, 2.05) is 41.3 Å². The Balaban J connectivity index is 1.08. The summed E-state index contributed by atoms with van der Waals surface area (Å²) >= 11 is 1.26. The Bertz CT molecular complexity index is 1210. The van der Waals surface area contributed by atoms with Gasteiger partial charge in [-0.05, 0) is 24.3 Å². The van der Waals surface area contributed by atoms with E-state index in [1.54, 1.807) is 12.1 Å². The molecule has 2 aromatic heterocycles. The number of benzene rings is 2. The van der Waals surface area contributed by atoms with Crippen molar-refractivity contribution in [3.05, 3.63) is 60.2 Å². The second kappa shape index (κ2) is 9.53. The highest BCUT2D eigenvalue weighted by molar-refractivity contribution is 7.99. The number of phenolic OH excluding ortho intramolecular Hbond substituents is 1. The van der Waals surface area contributed by atoms with E-state index in [9.17, 15) is 9.90 Å². The lowest BCUT2D eigenvalue weighted by Crippen LogP contribution is -2.49. The van der Waals surface area contributed by atoms with Crippen molar-refractivity contribution in [1.82, 2.24) is 25.1 Å². The molecule has 9 nitrogen and oxygen atoms in total. The molecule has 5 rings (SSSR count). The third kappa shape index (κ3) is 4.95. The molecule has 0 unspecified atom stereocenters. The summed E-state index contributed by atoms with van der Waals surface area (Å²) in [6, 6.07) is 15.2. The van der Waals surface area contributed by atoms with Crippen LogP contribution in [0.4, 0.5) is 5.69 Å². The Morgan fingerprint density at radius 2 is 1.82 bits per heavy atom. The number of carbonyl (C=O) groups excluding carboxylic acids is 1. The smallest absolute Gasteiger partial charge is 0.277 e. The normalized spacial score (nSPS) is 14.2. The van der Waals surface area contributed by atoms with Gasteiger partial charge in [0.15, 0.2) is 0 Å². The topological polar surface area (TPSA) is 111 Å². The fourth-order valence-electron chi connectivity index (χ4n) is 3.89. The molecule has 1 saturated heterocycles. The zero-order valence-corrected chi connectivity index (χ0v) is 18.8. The Hall–Kier alpha value is -3.53. The maximum atomic E-state index is 12.6. The number of hydrogen-bond acceptors (Lipinski definition) is 8. The first-order valence-corrected chi connectivity index (χ1v) is 11.8. The minimum atomic E-state index is 0.0407. The fourth-order valence-corrected chi connectivity index (χ4v) is 4.57.